The average Bonchev–Trinajstić information content (AvgIpc) is 1.41. The molecule has 0 saturated carbocycles. The molecule has 2 N–H and O–H groups in total. The maximum absolute atomic E-state index is 8.56. The fraction of sp³-hybridized carbons (Fsp3) is 0. The topological polar surface area (TPSA) is 57.5 Å². The van der Waals surface area contributed by atoms with Gasteiger partial charge in [-0.05, 0) is 0 Å². The molecule has 0 spiro atoms. The molecule has 0 aliphatic rings. The third-order valence-electron chi connectivity index (χ3n) is 0. The van der Waals surface area contributed by atoms with Gasteiger partial charge in [-0.25, -0.2) is 4.79 Å². The molecule has 0 radical (unpaired) electrons. The van der Waals surface area contributed by atoms with Crippen LogP contribution in [0.5, 0.6) is 0 Å². The van der Waals surface area contributed by atoms with Crippen LogP contribution in [-0.2, 0) is 21.1 Å². The quantitative estimate of drug-likeness (QED) is 0.283. The predicted molar refractivity (Wildman–Crippen MR) is 37.2 cm³/mol. The molecular formula is CH6CaO3S2W. The minimum atomic E-state index is -1.83. The van der Waals surface area contributed by atoms with Crippen molar-refractivity contribution in [3.8, 4) is 0 Å². The van der Waals surface area contributed by atoms with Gasteiger partial charge in [0.05, 0.1) is 0 Å². The largest absolute Gasteiger partial charge is 0 e. The van der Waals surface area contributed by atoms with Crippen LogP contribution in [-0.4, -0.2) is 54.1 Å². The normalized spacial score (nSPS) is 3.75. The molecular weight excluding hydrogens is 348 g/mol. The summed E-state index contributed by atoms with van der Waals surface area (Å²) >= 11 is 6.44. The Bertz CT molecular complexity index is 40.3. The molecule has 0 atom stereocenters. The maximum Gasteiger partial charge on any atom is 0 e. The molecule has 7 heteroatoms. The van der Waals surface area contributed by atoms with Crippen LogP contribution in [0.25, 0.3) is 0 Å². The molecule has 0 amide bonds. The molecule has 0 rings (SSSR count). The molecule has 0 unspecified atom stereocenters. The summed E-state index contributed by atoms with van der Waals surface area (Å²) in [6, 6.07) is 0. The van der Waals surface area contributed by atoms with Gasteiger partial charge in [-0.3, -0.25) is 0 Å². The molecule has 0 heterocycles. The van der Waals surface area contributed by atoms with E-state index in [9.17, 15) is 0 Å². The third kappa shape index (κ3) is 103. The molecule has 0 aromatic carbocycles. The van der Waals surface area contributed by atoms with Gasteiger partial charge in [-0.15, -0.1) is 23.3 Å². The van der Waals surface area contributed by atoms with Crippen molar-refractivity contribution in [1.29, 1.82) is 0 Å². The summed E-state index contributed by atoms with van der Waals surface area (Å²) in [5.74, 6) is 0. The van der Waals surface area contributed by atoms with Crippen molar-refractivity contribution in [2.45, 2.75) is 0 Å². The van der Waals surface area contributed by atoms with Crippen LogP contribution in [0.2, 0.25) is 0 Å². The van der Waals surface area contributed by atoms with Crippen molar-refractivity contribution in [1.82, 2.24) is 0 Å². The molecule has 0 bridgehead atoms. The summed E-state index contributed by atoms with van der Waals surface area (Å²) < 4.78 is 0. The van der Waals surface area contributed by atoms with E-state index in [-0.39, 0.29) is 58.8 Å². The summed E-state index contributed by atoms with van der Waals surface area (Å²) in [5.41, 5.74) is 0. The molecule has 3 nitrogen and oxygen atoms in total. The number of rotatable bonds is 0. The molecule has 48 valence electrons. The first-order chi connectivity index (χ1) is 2.73. The van der Waals surface area contributed by atoms with E-state index in [0.29, 0.717) is 0 Å². The minimum absolute atomic E-state index is 0. The van der Waals surface area contributed by atoms with Crippen LogP contribution in [0.3, 0.4) is 0 Å². The average molecular weight is 354 g/mol. The fourth-order valence-electron chi connectivity index (χ4n) is 0. The Morgan fingerprint density at radius 2 is 1.25 bits per heavy atom. The van der Waals surface area contributed by atoms with Gasteiger partial charge in [0.15, 0.2) is 0 Å². The first kappa shape index (κ1) is 22.5. The van der Waals surface area contributed by atoms with Crippen molar-refractivity contribution >= 4 is 67.2 Å². The summed E-state index contributed by atoms with van der Waals surface area (Å²) in [4.78, 5) is 8.56. The molecule has 8 heavy (non-hydrogen) atoms. The first-order valence-corrected chi connectivity index (χ1v) is 2.45. The van der Waals surface area contributed by atoms with Crippen molar-refractivity contribution in [2.24, 2.45) is 0 Å². The molecule has 0 fully saturated rings. The van der Waals surface area contributed by atoms with Gasteiger partial charge in [0.25, 0.3) is 0 Å². The third-order valence-corrected chi connectivity index (χ3v) is 0. The summed E-state index contributed by atoms with van der Waals surface area (Å²) in [5, 5.41) is 13.9. The molecule has 0 aliphatic carbocycles. The van der Waals surface area contributed by atoms with Crippen molar-refractivity contribution in [3.05, 3.63) is 0 Å². The summed E-state index contributed by atoms with van der Waals surface area (Å²) in [6.07, 6.45) is -1.83. The second kappa shape index (κ2) is 23.1. The van der Waals surface area contributed by atoms with E-state index in [4.69, 9.17) is 15.0 Å². The Morgan fingerprint density at radius 1 is 1.25 bits per heavy atom. The molecule has 0 aromatic heterocycles. The number of carboxylic acid groups (broad SMARTS) is 2. The van der Waals surface area contributed by atoms with Gasteiger partial charge < -0.3 is 10.2 Å². The monoisotopic (exact) mass is 354 g/mol. The zero-order valence-electron chi connectivity index (χ0n) is 3.11. The number of thiol groups is 2. The second-order valence-corrected chi connectivity index (χ2v) is 0.283. The Labute approximate surface area is 102 Å². The minimum Gasteiger partial charge on any atom is 0 e. The van der Waals surface area contributed by atoms with E-state index >= 15 is 0 Å². The SMILES string of the molecule is O=C(O)O.SS.[CaH2].[W]. The van der Waals surface area contributed by atoms with Crippen molar-refractivity contribution in [3.63, 3.8) is 0 Å². The Kier molecular flexibility index (Phi) is 65.1. The van der Waals surface area contributed by atoms with Crippen LogP contribution in [0.4, 0.5) is 4.79 Å². The molecule has 0 aliphatic heterocycles. The Balaban J connectivity index is -0.0000000183. The van der Waals surface area contributed by atoms with Gasteiger partial charge >= 0.3 is 43.9 Å². The first-order valence-electron chi connectivity index (χ1n) is 0.851. The van der Waals surface area contributed by atoms with E-state index in [0.717, 1.165) is 0 Å². The van der Waals surface area contributed by atoms with Crippen LogP contribution in [0.15, 0.2) is 0 Å². The molecule has 0 saturated heterocycles. The fourth-order valence-corrected chi connectivity index (χ4v) is 0. The molecule has 0 aromatic rings. The van der Waals surface area contributed by atoms with Gasteiger partial charge in [0.2, 0.25) is 0 Å². The standard InChI is InChI=1S/CH2O3.Ca.H2S2.W.2H/c2-1(3)4;;1-2;;;/h(H2,2,3,4);;1-2H;;;. The number of carbonyl (C=O) groups is 1. The van der Waals surface area contributed by atoms with Crippen molar-refractivity contribution < 1.29 is 36.1 Å². The van der Waals surface area contributed by atoms with Crippen LogP contribution >= 0.6 is 23.3 Å². The van der Waals surface area contributed by atoms with Crippen LogP contribution < -0.4 is 0 Å². The summed E-state index contributed by atoms with van der Waals surface area (Å²) in [6.45, 7) is 0. The zero-order valence-corrected chi connectivity index (χ0v) is 7.83. The predicted octanol–water partition coefficient (Wildman–Crippen LogP) is 0.0647. The zero-order chi connectivity index (χ0) is 5.58. The van der Waals surface area contributed by atoms with Crippen molar-refractivity contribution in [2.75, 3.05) is 0 Å². The van der Waals surface area contributed by atoms with Gasteiger partial charge in [0.1, 0.15) is 0 Å². The number of hydrogen-bond acceptors (Lipinski definition) is 3. The van der Waals surface area contributed by atoms with Gasteiger partial charge in [-0.2, -0.15) is 0 Å². The smallest absolute Gasteiger partial charge is 0 e. The van der Waals surface area contributed by atoms with Crippen LogP contribution in [0.1, 0.15) is 0 Å². The van der Waals surface area contributed by atoms with E-state index in [1.165, 1.54) is 0 Å². The van der Waals surface area contributed by atoms with E-state index in [1.807, 2.05) is 0 Å². The second-order valence-electron chi connectivity index (χ2n) is 0.283. The number of hydrogen-bond donors (Lipinski definition) is 4. The van der Waals surface area contributed by atoms with Crippen LogP contribution in [0, 0.1) is 0 Å². The van der Waals surface area contributed by atoms with Gasteiger partial charge in [-0.1, -0.05) is 0 Å². The Morgan fingerprint density at radius 3 is 1.25 bits per heavy atom. The van der Waals surface area contributed by atoms with Gasteiger partial charge in [0, 0.05) is 21.1 Å². The van der Waals surface area contributed by atoms with E-state index < -0.39 is 6.16 Å². The maximum atomic E-state index is 8.56. The van der Waals surface area contributed by atoms with E-state index in [1.54, 1.807) is 0 Å². The summed E-state index contributed by atoms with van der Waals surface area (Å²) in [7, 11) is 0. The Hall–Kier alpha value is 1.92. The van der Waals surface area contributed by atoms with E-state index in [2.05, 4.69) is 23.3 Å².